The van der Waals surface area contributed by atoms with Crippen molar-refractivity contribution in [2.45, 2.75) is 12.4 Å². The largest absolute Gasteiger partial charge is 0.416 e. The third-order valence-corrected chi connectivity index (χ3v) is 5.98. The second kappa shape index (κ2) is 9.28. The number of hydrogen-bond acceptors (Lipinski definition) is 0. The van der Waals surface area contributed by atoms with Crippen LogP contribution in [0.4, 0.5) is 26.3 Å². The molecule has 0 saturated heterocycles. The van der Waals surface area contributed by atoms with E-state index in [-0.39, 0.29) is 0 Å². The molecule has 0 spiro atoms. The maximum absolute atomic E-state index is 13.3. The van der Waals surface area contributed by atoms with Crippen molar-refractivity contribution in [2.24, 2.45) is 0 Å². The minimum atomic E-state index is -4.50. The molecule has 0 fully saturated rings. The number of nitrogens with zero attached hydrogens (tertiary/aromatic N) is 2. The zero-order valence-electron chi connectivity index (χ0n) is 19.1. The maximum atomic E-state index is 13.3. The average Bonchev–Trinajstić information content (AvgIpc) is 3.29. The van der Waals surface area contributed by atoms with Crippen LogP contribution >= 0.6 is 0 Å². The molecule has 0 unspecified atom stereocenters. The Bertz CT molecular complexity index is 1380. The Morgan fingerprint density at radius 2 is 0.973 bits per heavy atom. The molecule has 8 heteroatoms. The molecule has 0 amide bonds. The number of rotatable bonds is 4. The van der Waals surface area contributed by atoms with Crippen LogP contribution in [0.5, 0.6) is 0 Å². The first-order chi connectivity index (χ1) is 17.6. The van der Waals surface area contributed by atoms with E-state index in [1.165, 1.54) is 24.3 Å². The van der Waals surface area contributed by atoms with Gasteiger partial charge in [-0.05, 0) is 72.8 Å². The van der Waals surface area contributed by atoms with E-state index in [1.54, 1.807) is 6.33 Å². The molecular formula is C29H19F6N2+. The van der Waals surface area contributed by atoms with Gasteiger partial charge in [0.2, 0.25) is 0 Å². The highest BCUT2D eigenvalue weighted by molar-refractivity contribution is 5.78. The average molecular weight is 509 g/mol. The fourth-order valence-electron chi connectivity index (χ4n) is 4.21. The first-order valence-electron chi connectivity index (χ1n) is 11.3. The van der Waals surface area contributed by atoms with E-state index >= 15 is 0 Å². The zero-order chi connectivity index (χ0) is 26.2. The molecule has 1 aromatic heterocycles. The Kier molecular flexibility index (Phi) is 6.11. The zero-order valence-corrected chi connectivity index (χ0v) is 19.1. The lowest BCUT2D eigenvalue weighted by Crippen LogP contribution is -2.30. The van der Waals surface area contributed by atoms with Gasteiger partial charge in [0.1, 0.15) is 11.4 Å². The summed E-state index contributed by atoms with van der Waals surface area (Å²) in [6.07, 6.45) is -7.22. The molecule has 186 valence electrons. The van der Waals surface area contributed by atoms with Crippen molar-refractivity contribution in [1.82, 2.24) is 4.57 Å². The molecule has 0 aliphatic rings. The highest BCUT2D eigenvalue weighted by Gasteiger charge is 2.34. The van der Waals surface area contributed by atoms with Crippen LogP contribution in [0.1, 0.15) is 11.1 Å². The fraction of sp³-hybridized carbons (Fsp3) is 0.0690. The van der Waals surface area contributed by atoms with Crippen molar-refractivity contribution in [3.63, 3.8) is 0 Å². The first kappa shape index (κ1) is 24.4. The Hall–Kier alpha value is -4.33. The standard InChI is InChI=1S/C29H19F6N2/c30-28(31,32)22-15-11-20(12-16-22)26-27(21-13-17-23(18-14-21)29(33,34)35)37(25-9-5-2-6-10-25)19-36(26)24-7-3-1-4-8-24/h1-19H/q+1. The van der Waals surface area contributed by atoms with Gasteiger partial charge in [-0.3, -0.25) is 0 Å². The van der Waals surface area contributed by atoms with Crippen LogP contribution in [0.25, 0.3) is 33.9 Å². The normalized spacial score (nSPS) is 12.1. The molecule has 4 aromatic carbocycles. The van der Waals surface area contributed by atoms with Crippen LogP contribution in [0.3, 0.4) is 0 Å². The summed E-state index contributed by atoms with van der Waals surface area (Å²) in [5.41, 5.74) is 1.90. The molecule has 0 N–H and O–H groups in total. The number of benzene rings is 4. The second-order valence-electron chi connectivity index (χ2n) is 8.37. The van der Waals surface area contributed by atoms with Gasteiger partial charge in [0, 0.05) is 11.1 Å². The van der Waals surface area contributed by atoms with Crippen LogP contribution in [0.15, 0.2) is 116 Å². The Labute approximate surface area is 208 Å². The number of imidazole rings is 1. The van der Waals surface area contributed by atoms with Gasteiger partial charge in [0.15, 0.2) is 11.4 Å². The molecule has 0 radical (unpaired) electrons. The van der Waals surface area contributed by atoms with E-state index < -0.39 is 23.5 Å². The monoisotopic (exact) mass is 509 g/mol. The predicted molar refractivity (Wildman–Crippen MR) is 128 cm³/mol. The van der Waals surface area contributed by atoms with Gasteiger partial charge in [0.25, 0.3) is 6.33 Å². The summed E-state index contributed by atoms with van der Waals surface area (Å²) in [6, 6.07) is 27.9. The van der Waals surface area contributed by atoms with E-state index in [2.05, 4.69) is 0 Å². The Balaban J connectivity index is 1.81. The van der Waals surface area contributed by atoms with Crippen LogP contribution in [-0.2, 0) is 12.4 Å². The smallest absolute Gasteiger partial charge is 0.194 e. The van der Waals surface area contributed by atoms with Crippen LogP contribution in [0.2, 0.25) is 0 Å². The molecule has 0 atom stereocenters. The molecular weight excluding hydrogens is 490 g/mol. The lowest BCUT2D eigenvalue weighted by molar-refractivity contribution is -0.583. The minimum absolute atomic E-state index is 0.474. The fourth-order valence-corrected chi connectivity index (χ4v) is 4.21. The van der Waals surface area contributed by atoms with Crippen molar-refractivity contribution in [3.8, 4) is 33.9 Å². The summed E-state index contributed by atoms with van der Waals surface area (Å²) in [5.74, 6) is 0. The summed E-state index contributed by atoms with van der Waals surface area (Å²) in [7, 11) is 0. The van der Waals surface area contributed by atoms with Gasteiger partial charge in [0.05, 0.1) is 11.1 Å². The summed E-state index contributed by atoms with van der Waals surface area (Å²) < 4.78 is 83.3. The van der Waals surface area contributed by atoms with Crippen molar-refractivity contribution < 1.29 is 30.9 Å². The van der Waals surface area contributed by atoms with Gasteiger partial charge in [-0.25, -0.2) is 0 Å². The molecule has 1 heterocycles. The summed E-state index contributed by atoms with van der Waals surface area (Å²) in [4.78, 5) is 0. The quantitative estimate of drug-likeness (QED) is 0.171. The lowest BCUT2D eigenvalue weighted by Gasteiger charge is -2.10. The van der Waals surface area contributed by atoms with Crippen molar-refractivity contribution >= 4 is 0 Å². The minimum Gasteiger partial charge on any atom is -0.194 e. The second-order valence-corrected chi connectivity index (χ2v) is 8.37. The van der Waals surface area contributed by atoms with Crippen molar-refractivity contribution in [3.05, 3.63) is 127 Å². The molecule has 37 heavy (non-hydrogen) atoms. The van der Waals surface area contributed by atoms with Gasteiger partial charge in [-0.1, -0.05) is 36.4 Å². The molecule has 0 bridgehead atoms. The predicted octanol–water partition coefficient (Wildman–Crippen LogP) is 8.13. The number of hydrogen-bond donors (Lipinski definition) is 0. The topological polar surface area (TPSA) is 8.81 Å². The summed E-state index contributed by atoms with van der Waals surface area (Å²) in [5, 5.41) is 0. The van der Waals surface area contributed by atoms with Gasteiger partial charge in [-0.15, -0.1) is 0 Å². The van der Waals surface area contributed by atoms with Crippen LogP contribution in [-0.4, -0.2) is 4.57 Å². The Morgan fingerprint density at radius 3 is 1.46 bits per heavy atom. The van der Waals surface area contributed by atoms with E-state index in [9.17, 15) is 26.3 Å². The van der Waals surface area contributed by atoms with Gasteiger partial charge in [-0.2, -0.15) is 35.5 Å². The molecule has 0 aliphatic heterocycles. The van der Waals surface area contributed by atoms with E-state index in [1.807, 2.05) is 69.8 Å². The van der Waals surface area contributed by atoms with Crippen molar-refractivity contribution in [2.75, 3.05) is 0 Å². The Morgan fingerprint density at radius 1 is 0.514 bits per heavy atom. The van der Waals surface area contributed by atoms with Gasteiger partial charge < -0.3 is 0 Å². The maximum Gasteiger partial charge on any atom is 0.416 e. The van der Waals surface area contributed by atoms with E-state index in [0.717, 1.165) is 35.6 Å². The van der Waals surface area contributed by atoms with Crippen molar-refractivity contribution in [1.29, 1.82) is 0 Å². The lowest BCUT2D eigenvalue weighted by atomic mass is 10.0. The first-order valence-corrected chi connectivity index (χ1v) is 11.3. The number of halogens is 6. The summed E-state index contributed by atoms with van der Waals surface area (Å²) >= 11 is 0. The highest BCUT2D eigenvalue weighted by atomic mass is 19.4. The SMILES string of the molecule is FC(F)(F)c1ccc(-c2c(-c3ccc(C(F)(F)F)cc3)[n+](-c3ccccc3)cn2-c2ccccc2)cc1. The molecule has 0 saturated carbocycles. The molecule has 5 aromatic rings. The van der Waals surface area contributed by atoms with Crippen LogP contribution < -0.4 is 4.57 Å². The molecule has 0 aliphatic carbocycles. The number of aromatic nitrogens is 2. The van der Waals surface area contributed by atoms with Gasteiger partial charge >= 0.3 is 12.4 Å². The van der Waals surface area contributed by atoms with Crippen LogP contribution in [0, 0.1) is 0 Å². The number of para-hydroxylation sites is 2. The highest BCUT2D eigenvalue weighted by Crippen LogP contribution is 2.37. The van der Waals surface area contributed by atoms with E-state index in [0.29, 0.717) is 22.5 Å². The summed E-state index contributed by atoms with van der Waals surface area (Å²) in [6.45, 7) is 0. The third kappa shape index (κ3) is 4.87. The third-order valence-electron chi connectivity index (χ3n) is 5.98. The molecule has 5 rings (SSSR count). The van der Waals surface area contributed by atoms with E-state index in [4.69, 9.17) is 0 Å². The molecule has 2 nitrogen and oxygen atoms in total. The number of alkyl halides is 6.